The summed E-state index contributed by atoms with van der Waals surface area (Å²) in [7, 11) is 1.61. The number of fused-ring (bicyclic) bond motifs is 1. The zero-order chi connectivity index (χ0) is 23.4. The molecule has 1 aliphatic heterocycles. The van der Waals surface area contributed by atoms with Crippen LogP contribution in [0, 0.1) is 0 Å². The summed E-state index contributed by atoms with van der Waals surface area (Å²) in [4.78, 5) is 56.3. The third-order valence-electron chi connectivity index (χ3n) is 5.95. The minimum absolute atomic E-state index is 0.0418. The molecule has 0 unspecified atom stereocenters. The van der Waals surface area contributed by atoms with Crippen LogP contribution in [0.1, 0.15) is 12.0 Å². The van der Waals surface area contributed by atoms with Crippen molar-refractivity contribution in [2.24, 2.45) is 0 Å². The summed E-state index contributed by atoms with van der Waals surface area (Å²) >= 11 is 0. The largest absolute Gasteiger partial charge is 0.497 e. The van der Waals surface area contributed by atoms with Crippen molar-refractivity contribution in [2.45, 2.75) is 19.4 Å². The van der Waals surface area contributed by atoms with Crippen LogP contribution in [0.3, 0.4) is 0 Å². The lowest BCUT2D eigenvalue weighted by molar-refractivity contribution is -0.140. The Bertz CT molecular complexity index is 1270. The Morgan fingerprint density at radius 2 is 1.55 bits per heavy atom. The van der Waals surface area contributed by atoms with E-state index in [1.54, 1.807) is 41.2 Å². The lowest BCUT2D eigenvalue weighted by atomic mass is 10.1. The summed E-state index contributed by atoms with van der Waals surface area (Å²) in [6.45, 7) is 1.26. The van der Waals surface area contributed by atoms with Gasteiger partial charge in [0.15, 0.2) is 0 Å². The number of ether oxygens (including phenoxy) is 1. The average Bonchev–Trinajstić information content (AvgIpc) is 2.85. The molecule has 9 nitrogen and oxygen atoms in total. The molecule has 2 amide bonds. The van der Waals surface area contributed by atoms with Crippen molar-refractivity contribution in [3.63, 3.8) is 0 Å². The van der Waals surface area contributed by atoms with E-state index in [1.807, 2.05) is 24.3 Å². The van der Waals surface area contributed by atoms with Gasteiger partial charge >= 0.3 is 5.69 Å². The molecule has 1 aromatic heterocycles. The number of para-hydroxylation sites is 1. The van der Waals surface area contributed by atoms with Gasteiger partial charge in [-0.05, 0) is 36.2 Å². The highest BCUT2D eigenvalue weighted by molar-refractivity contribution is 5.80. The van der Waals surface area contributed by atoms with Gasteiger partial charge in [-0.3, -0.25) is 19.0 Å². The van der Waals surface area contributed by atoms with Crippen LogP contribution in [0.15, 0.2) is 58.1 Å². The third-order valence-corrected chi connectivity index (χ3v) is 5.95. The quantitative estimate of drug-likeness (QED) is 0.603. The highest BCUT2D eigenvalue weighted by Crippen LogP contribution is 2.14. The van der Waals surface area contributed by atoms with Crippen LogP contribution >= 0.6 is 0 Å². The zero-order valence-electron chi connectivity index (χ0n) is 18.5. The van der Waals surface area contributed by atoms with Gasteiger partial charge in [-0.2, -0.15) is 0 Å². The minimum Gasteiger partial charge on any atom is -0.497 e. The van der Waals surface area contributed by atoms with Crippen molar-refractivity contribution in [2.75, 3.05) is 33.3 Å². The first kappa shape index (κ1) is 22.3. The van der Waals surface area contributed by atoms with Gasteiger partial charge in [0.05, 0.1) is 18.0 Å². The monoisotopic (exact) mass is 450 g/mol. The summed E-state index contributed by atoms with van der Waals surface area (Å²) in [6.07, 6.45) is 1.03. The molecule has 4 rings (SSSR count). The van der Waals surface area contributed by atoms with Crippen LogP contribution in [-0.4, -0.2) is 64.5 Å². The van der Waals surface area contributed by atoms with Crippen molar-refractivity contribution in [1.82, 2.24) is 19.4 Å². The van der Waals surface area contributed by atoms with E-state index in [0.717, 1.165) is 15.9 Å². The molecule has 0 saturated carbocycles. The molecule has 2 heterocycles. The number of rotatable bonds is 6. The Morgan fingerprint density at radius 1 is 0.909 bits per heavy atom. The molecular weight excluding hydrogens is 424 g/mol. The maximum Gasteiger partial charge on any atom is 0.329 e. The Morgan fingerprint density at radius 3 is 2.21 bits per heavy atom. The molecule has 1 N–H and O–H groups in total. The van der Waals surface area contributed by atoms with Gasteiger partial charge in [0, 0.05) is 32.6 Å². The van der Waals surface area contributed by atoms with Gasteiger partial charge in [0.2, 0.25) is 11.8 Å². The highest BCUT2D eigenvalue weighted by Gasteiger charge is 2.25. The molecule has 1 aliphatic rings. The summed E-state index contributed by atoms with van der Waals surface area (Å²) in [5.41, 5.74) is 0.399. The smallest absolute Gasteiger partial charge is 0.329 e. The lowest BCUT2D eigenvalue weighted by Crippen LogP contribution is -2.52. The summed E-state index contributed by atoms with van der Waals surface area (Å²) in [5.74, 6) is 0.502. The summed E-state index contributed by atoms with van der Waals surface area (Å²) < 4.78 is 6.07. The van der Waals surface area contributed by atoms with Crippen LogP contribution in [-0.2, 0) is 22.6 Å². The molecule has 0 bridgehead atoms. The van der Waals surface area contributed by atoms with Gasteiger partial charge in [0.25, 0.3) is 5.56 Å². The number of hydrogen-bond donors (Lipinski definition) is 1. The Labute approximate surface area is 190 Å². The Balaban J connectivity index is 1.32. The average molecular weight is 450 g/mol. The number of amides is 2. The first-order valence-electron chi connectivity index (χ1n) is 10.9. The summed E-state index contributed by atoms with van der Waals surface area (Å²) in [5, 5.41) is 0.358. The van der Waals surface area contributed by atoms with E-state index in [1.165, 1.54) is 0 Å². The molecular formula is C24H26N4O5. The number of aryl methyl sites for hydroxylation is 1. The highest BCUT2D eigenvalue weighted by atomic mass is 16.5. The number of carbonyl (C=O) groups excluding carboxylic acids is 2. The minimum atomic E-state index is -0.612. The number of benzene rings is 2. The van der Waals surface area contributed by atoms with Crippen molar-refractivity contribution in [1.29, 1.82) is 0 Å². The topological polar surface area (TPSA) is 105 Å². The lowest BCUT2D eigenvalue weighted by Gasteiger charge is -2.35. The zero-order valence-corrected chi connectivity index (χ0v) is 18.5. The fraction of sp³-hybridized carbons (Fsp3) is 0.333. The Kier molecular flexibility index (Phi) is 6.58. The number of hydrogen-bond acceptors (Lipinski definition) is 5. The van der Waals surface area contributed by atoms with Gasteiger partial charge in [-0.15, -0.1) is 0 Å². The number of aromatic amines is 1. The molecule has 0 radical (unpaired) electrons. The van der Waals surface area contributed by atoms with Crippen molar-refractivity contribution in [3.05, 3.63) is 74.9 Å². The first-order chi connectivity index (χ1) is 16.0. The SMILES string of the molecule is COc1ccc(CCC(=O)N2CCN(C(=O)Cn3c(=O)[nH]c4ccccc4c3=O)CC2)cc1. The number of carbonyl (C=O) groups is 2. The standard InChI is InChI=1S/C24H26N4O5/c1-33-18-9-6-17(7-10-18)8-11-21(29)26-12-14-27(15-13-26)22(30)16-28-23(31)19-4-2-3-5-20(19)25-24(28)32/h2-7,9-10H,8,11-16H2,1H3,(H,25,32). The third kappa shape index (κ3) is 4.97. The number of piperazine rings is 1. The fourth-order valence-corrected chi connectivity index (χ4v) is 3.98. The molecule has 33 heavy (non-hydrogen) atoms. The van der Waals surface area contributed by atoms with Crippen LogP contribution in [0.25, 0.3) is 10.9 Å². The van der Waals surface area contributed by atoms with Gasteiger partial charge in [0.1, 0.15) is 12.3 Å². The van der Waals surface area contributed by atoms with Gasteiger partial charge in [-0.1, -0.05) is 24.3 Å². The second-order valence-electron chi connectivity index (χ2n) is 7.98. The van der Waals surface area contributed by atoms with Gasteiger partial charge < -0.3 is 19.5 Å². The van der Waals surface area contributed by atoms with E-state index in [4.69, 9.17) is 4.74 Å². The molecule has 0 atom stereocenters. The molecule has 1 fully saturated rings. The normalized spacial score (nSPS) is 13.8. The van der Waals surface area contributed by atoms with E-state index in [9.17, 15) is 19.2 Å². The molecule has 9 heteroatoms. The number of nitrogens with one attached hydrogen (secondary N) is 1. The van der Waals surface area contributed by atoms with Crippen LogP contribution in [0.2, 0.25) is 0 Å². The number of aromatic nitrogens is 2. The van der Waals surface area contributed by atoms with Crippen molar-refractivity contribution >= 4 is 22.7 Å². The molecule has 0 aliphatic carbocycles. The Hall–Kier alpha value is -3.88. The fourth-order valence-electron chi connectivity index (χ4n) is 3.98. The second-order valence-corrected chi connectivity index (χ2v) is 7.98. The first-order valence-corrected chi connectivity index (χ1v) is 10.9. The van der Waals surface area contributed by atoms with E-state index in [-0.39, 0.29) is 18.4 Å². The predicted octanol–water partition coefficient (Wildman–Crippen LogP) is 1.00. The number of H-pyrrole nitrogens is 1. The predicted molar refractivity (Wildman–Crippen MR) is 123 cm³/mol. The number of methoxy groups -OCH3 is 1. The second kappa shape index (κ2) is 9.72. The number of nitrogens with zero attached hydrogens (tertiary/aromatic N) is 3. The summed E-state index contributed by atoms with van der Waals surface area (Å²) in [6, 6.07) is 14.3. The van der Waals surface area contributed by atoms with E-state index >= 15 is 0 Å². The van der Waals surface area contributed by atoms with Crippen LogP contribution in [0.4, 0.5) is 0 Å². The molecule has 3 aromatic rings. The van der Waals surface area contributed by atoms with Gasteiger partial charge in [-0.25, -0.2) is 4.79 Å². The molecule has 0 spiro atoms. The van der Waals surface area contributed by atoms with Crippen LogP contribution in [0.5, 0.6) is 5.75 Å². The van der Waals surface area contributed by atoms with Crippen LogP contribution < -0.4 is 16.0 Å². The molecule has 172 valence electrons. The van der Waals surface area contributed by atoms with E-state index in [2.05, 4.69) is 4.98 Å². The van der Waals surface area contributed by atoms with Crippen molar-refractivity contribution in [3.8, 4) is 5.75 Å². The van der Waals surface area contributed by atoms with E-state index < -0.39 is 11.2 Å². The van der Waals surface area contributed by atoms with Crippen molar-refractivity contribution < 1.29 is 14.3 Å². The molecule has 1 saturated heterocycles. The molecule has 2 aromatic carbocycles. The maximum atomic E-state index is 12.7. The maximum absolute atomic E-state index is 12.7. The van der Waals surface area contributed by atoms with E-state index in [0.29, 0.717) is 49.9 Å².